The zero-order valence-corrected chi connectivity index (χ0v) is 13.3. The minimum atomic E-state index is -0.160. The van der Waals surface area contributed by atoms with E-state index in [1.807, 2.05) is 0 Å². The molecule has 0 spiro atoms. The first kappa shape index (κ1) is 19.5. The van der Waals surface area contributed by atoms with Gasteiger partial charge >= 0.3 is 5.97 Å². The predicted octanol–water partition coefficient (Wildman–Crippen LogP) is -1.01. The summed E-state index contributed by atoms with van der Waals surface area (Å²) in [4.78, 5) is 11.5. The lowest BCUT2D eigenvalue weighted by Crippen LogP contribution is -3.00. The van der Waals surface area contributed by atoms with E-state index >= 15 is 0 Å². The Morgan fingerprint density at radius 1 is 1.33 bits per heavy atom. The van der Waals surface area contributed by atoms with Crippen LogP contribution in [0.3, 0.4) is 0 Å². The lowest BCUT2D eigenvalue weighted by Gasteiger charge is -2.35. The van der Waals surface area contributed by atoms with Crippen LogP contribution in [0.5, 0.6) is 0 Å². The fourth-order valence-corrected chi connectivity index (χ4v) is 2.06. The Bertz CT molecular complexity index is 299. The average molecular weight is 318 g/mol. The monoisotopic (exact) mass is 317 g/mol. The van der Waals surface area contributed by atoms with Gasteiger partial charge in [-0.3, -0.25) is 0 Å². The molecule has 0 rings (SSSR count). The Hall–Kier alpha value is -0.790. The minimum Gasteiger partial charge on any atom is -1.00 e. The summed E-state index contributed by atoms with van der Waals surface area (Å²) >= 11 is 0. The third-order valence-corrected chi connectivity index (χ3v) is 2.71. The number of carbonyl (C=O) groups excluding carboxylic acids is 1. The highest BCUT2D eigenvalue weighted by Crippen LogP contribution is 2.10. The van der Waals surface area contributed by atoms with Crippen LogP contribution in [0.4, 0.5) is 0 Å². The normalized spacial score (nSPS) is 9.72. The summed E-state index contributed by atoms with van der Waals surface area (Å²) < 4.78 is 5.48. The average Bonchev–Trinajstić information content (AvgIpc) is 2.30. The van der Waals surface area contributed by atoms with Crippen molar-refractivity contribution in [2.75, 3.05) is 33.3 Å². The number of hydrogen-bond acceptors (Lipinski definition) is 2. The number of rotatable bonds is 7. The number of carbonyl (C=O) groups is 1. The highest BCUT2D eigenvalue weighted by atomic mass is 79.9. The van der Waals surface area contributed by atoms with E-state index in [1.165, 1.54) is 7.11 Å². The molecule has 0 aliphatic rings. The van der Waals surface area contributed by atoms with Gasteiger partial charge in [-0.15, -0.1) is 0 Å². The van der Waals surface area contributed by atoms with Crippen LogP contribution in [0.25, 0.3) is 0 Å². The Kier molecular flexibility index (Phi) is 12.3. The van der Waals surface area contributed by atoms with Crippen LogP contribution in [0.2, 0.25) is 0 Å². The van der Waals surface area contributed by atoms with Gasteiger partial charge in [0.1, 0.15) is 6.54 Å². The topological polar surface area (TPSA) is 26.3 Å². The van der Waals surface area contributed by atoms with Crippen LogP contribution < -0.4 is 17.0 Å². The molecule has 0 radical (unpaired) electrons. The number of halogens is 1. The summed E-state index contributed by atoms with van der Waals surface area (Å²) in [5.74, 6) is 5.77. The molecule has 0 aromatic rings. The van der Waals surface area contributed by atoms with E-state index in [-0.39, 0.29) is 23.0 Å². The van der Waals surface area contributed by atoms with Crippen LogP contribution >= 0.6 is 0 Å². The third kappa shape index (κ3) is 7.52. The lowest BCUT2D eigenvalue weighted by atomic mass is 10.2. The highest BCUT2D eigenvalue weighted by Gasteiger charge is 2.28. The zero-order chi connectivity index (χ0) is 13.1. The van der Waals surface area contributed by atoms with Crippen LogP contribution in [-0.2, 0) is 9.53 Å². The standard InChI is InChI=1S/C14H24NO2.BrH/c1-5-8-9-12-15(10-6-2,11-7-3)13-14(16)17-4;/h5H,1,6-7,10-13H2,2-4H3;1H/q+1;/p-1. The van der Waals surface area contributed by atoms with Gasteiger partial charge in [0, 0.05) is 0 Å². The van der Waals surface area contributed by atoms with Crippen molar-refractivity contribution >= 4 is 5.97 Å². The largest absolute Gasteiger partial charge is 1.00 e. The summed E-state index contributed by atoms with van der Waals surface area (Å²) in [6.07, 6.45) is 3.66. The van der Waals surface area contributed by atoms with E-state index in [0.717, 1.165) is 25.9 Å². The second-order valence-corrected chi connectivity index (χ2v) is 4.21. The van der Waals surface area contributed by atoms with Gasteiger partial charge in [-0.1, -0.05) is 26.3 Å². The summed E-state index contributed by atoms with van der Waals surface area (Å²) in [7, 11) is 1.43. The van der Waals surface area contributed by atoms with Crippen molar-refractivity contribution in [3.8, 4) is 11.8 Å². The molecule has 0 bridgehead atoms. The van der Waals surface area contributed by atoms with Crippen LogP contribution in [0.1, 0.15) is 26.7 Å². The number of hydrogen-bond donors (Lipinski definition) is 0. The quantitative estimate of drug-likeness (QED) is 0.342. The van der Waals surface area contributed by atoms with Crippen molar-refractivity contribution in [2.24, 2.45) is 0 Å². The van der Waals surface area contributed by atoms with Crippen molar-refractivity contribution in [3.05, 3.63) is 12.7 Å². The van der Waals surface area contributed by atoms with Gasteiger partial charge in [0.2, 0.25) is 0 Å². The van der Waals surface area contributed by atoms with E-state index in [9.17, 15) is 4.79 Å². The molecule has 0 saturated carbocycles. The first-order chi connectivity index (χ1) is 8.14. The third-order valence-electron chi connectivity index (χ3n) is 2.71. The zero-order valence-electron chi connectivity index (χ0n) is 11.7. The second kappa shape index (κ2) is 11.3. The van der Waals surface area contributed by atoms with E-state index < -0.39 is 0 Å². The van der Waals surface area contributed by atoms with Crippen LogP contribution in [-0.4, -0.2) is 43.7 Å². The molecule has 4 heteroatoms. The predicted molar refractivity (Wildman–Crippen MR) is 70.3 cm³/mol. The summed E-state index contributed by atoms with van der Waals surface area (Å²) in [6.45, 7) is 10.8. The molecule has 18 heavy (non-hydrogen) atoms. The molecule has 0 aliphatic heterocycles. The number of allylic oxidation sites excluding steroid dienone is 1. The van der Waals surface area contributed by atoms with Crippen LogP contribution in [0.15, 0.2) is 12.7 Å². The number of quaternary nitrogens is 1. The van der Waals surface area contributed by atoms with E-state index in [4.69, 9.17) is 4.74 Å². The van der Waals surface area contributed by atoms with Crippen molar-refractivity contribution in [1.29, 1.82) is 0 Å². The molecule has 0 heterocycles. The summed E-state index contributed by atoms with van der Waals surface area (Å²) in [5, 5.41) is 0. The van der Waals surface area contributed by atoms with E-state index in [0.29, 0.717) is 17.6 Å². The number of nitrogens with zero attached hydrogens (tertiary/aromatic N) is 1. The van der Waals surface area contributed by atoms with Gasteiger partial charge in [0.05, 0.1) is 20.2 Å². The maximum atomic E-state index is 11.5. The molecule has 0 N–H and O–H groups in total. The maximum Gasteiger partial charge on any atom is 0.361 e. The summed E-state index contributed by atoms with van der Waals surface area (Å²) in [6, 6.07) is 0. The maximum absolute atomic E-state index is 11.5. The van der Waals surface area contributed by atoms with Gasteiger partial charge in [-0.05, 0) is 24.8 Å². The molecule has 0 aromatic heterocycles. The van der Waals surface area contributed by atoms with Crippen molar-refractivity contribution in [2.45, 2.75) is 26.7 Å². The Morgan fingerprint density at radius 2 is 1.89 bits per heavy atom. The van der Waals surface area contributed by atoms with Crippen molar-refractivity contribution in [3.63, 3.8) is 0 Å². The minimum absolute atomic E-state index is 0. The molecule has 0 aromatic carbocycles. The number of ether oxygens (including phenoxy) is 1. The van der Waals surface area contributed by atoms with E-state index in [1.54, 1.807) is 6.08 Å². The fraction of sp³-hybridized carbons (Fsp3) is 0.643. The molecule has 104 valence electrons. The first-order valence-electron chi connectivity index (χ1n) is 6.15. The Labute approximate surface area is 122 Å². The molecule has 0 amide bonds. The van der Waals surface area contributed by atoms with Crippen LogP contribution in [0, 0.1) is 11.8 Å². The molecule has 0 fully saturated rings. The molecule has 3 nitrogen and oxygen atoms in total. The highest BCUT2D eigenvalue weighted by molar-refractivity contribution is 5.70. The first-order valence-corrected chi connectivity index (χ1v) is 6.15. The smallest absolute Gasteiger partial charge is 0.361 e. The van der Waals surface area contributed by atoms with Crippen molar-refractivity contribution < 1.29 is 31.0 Å². The van der Waals surface area contributed by atoms with Gasteiger partial charge in [0.15, 0.2) is 6.54 Å². The van der Waals surface area contributed by atoms with E-state index in [2.05, 4.69) is 32.3 Å². The molecular weight excluding hydrogens is 294 g/mol. The molecule has 0 aliphatic carbocycles. The molecular formula is C14H24BrNO2. The SMILES string of the molecule is C=CC#CC[N+](CCC)(CCC)CC(=O)OC.[Br-]. The Morgan fingerprint density at radius 3 is 2.28 bits per heavy atom. The molecule has 0 saturated heterocycles. The van der Waals surface area contributed by atoms with Crippen molar-refractivity contribution in [1.82, 2.24) is 0 Å². The van der Waals surface area contributed by atoms with Gasteiger partial charge in [0.25, 0.3) is 0 Å². The van der Waals surface area contributed by atoms with Gasteiger partial charge in [-0.2, -0.15) is 0 Å². The summed E-state index contributed by atoms with van der Waals surface area (Å²) in [5.41, 5.74) is 0. The Balaban J connectivity index is 0. The lowest BCUT2D eigenvalue weighted by molar-refractivity contribution is -0.914. The molecule has 0 atom stereocenters. The van der Waals surface area contributed by atoms with Gasteiger partial charge < -0.3 is 26.2 Å². The second-order valence-electron chi connectivity index (χ2n) is 4.21. The fourth-order valence-electron chi connectivity index (χ4n) is 2.06. The number of methoxy groups -OCH3 is 1. The van der Waals surface area contributed by atoms with Gasteiger partial charge in [-0.25, -0.2) is 4.79 Å². The number of esters is 1. The molecule has 0 unspecified atom stereocenters.